The second-order valence-electron chi connectivity index (χ2n) is 5.45. The first-order valence-corrected chi connectivity index (χ1v) is 7.44. The first-order chi connectivity index (χ1) is 11.0. The Bertz CT molecular complexity index is 669. The summed E-state index contributed by atoms with van der Waals surface area (Å²) in [7, 11) is 0. The molecule has 0 radical (unpaired) electrons. The van der Waals surface area contributed by atoms with Gasteiger partial charge in [-0.1, -0.05) is 12.1 Å². The molecule has 3 nitrogen and oxygen atoms in total. The molecule has 0 aromatic heterocycles. The maximum absolute atomic E-state index is 13.1. The van der Waals surface area contributed by atoms with E-state index in [2.05, 4.69) is 5.32 Å². The Kier molecular flexibility index (Phi) is 5.68. The lowest BCUT2D eigenvalue weighted by Crippen LogP contribution is -2.25. The van der Waals surface area contributed by atoms with Gasteiger partial charge in [0.1, 0.15) is 5.75 Å². The van der Waals surface area contributed by atoms with E-state index >= 15 is 0 Å². The van der Waals surface area contributed by atoms with Crippen LogP contribution >= 0.6 is 0 Å². The van der Waals surface area contributed by atoms with E-state index in [0.29, 0.717) is 13.0 Å². The number of nitrogens with one attached hydrogen (secondary N) is 1. The van der Waals surface area contributed by atoms with Crippen LogP contribution in [0.2, 0.25) is 0 Å². The number of hydrogen-bond acceptors (Lipinski definition) is 2. The summed E-state index contributed by atoms with van der Waals surface area (Å²) in [6.45, 7) is 4.33. The molecule has 2 rings (SSSR count). The fourth-order valence-corrected chi connectivity index (χ4v) is 2.07. The van der Waals surface area contributed by atoms with Crippen molar-refractivity contribution in [1.82, 2.24) is 5.32 Å². The van der Waals surface area contributed by atoms with Crippen LogP contribution in [0.5, 0.6) is 5.75 Å². The maximum atomic E-state index is 13.1. The Morgan fingerprint density at radius 2 is 1.78 bits per heavy atom. The Morgan fingerprint density at radius 3 is 2.39 bits per heavy atom. The van der Waals surface area contributed by atoms with Crippen molar-refractivity contribution < 1.29 is 18.3 Å². The Balaban J connectivity index is 1.84. The molecule has 0 bridgehead atoms. The number of ether oxygens (including phenoxy) is 1. The van der Waals surface area contributed by atoms with Gasteiger partial charge in [-0.2, -0.15) is 0 Å². The average Bonchev–Trinajstić information content (AvgIpc) is 2.51. The molecule has 23 heavy (non-hydrogen) atoms. The Labute approximate surface area is 134 Å². The van der Waals surface area contributed by atoms with E-state index in [1.807, 2.05) is 38.1 Å². The molecular formula is C18H19F2NO2. The Morgan fingerprint density at radius 1 is 1.09 bits per heavy atom. The van der Waals surface area contributed by atoms with E-state index in [4.69, 9.17) is 4.74 Å². The van der Waals surface area contributed by atoms with Gasteiger partial charge in [-0.25, -0.2) is 8.78 Å². The van der Waals surface area contributed by atoms with Gasteiger partial charge in [0.15, 0.2) is 11.6 Å². The molecule has 0 spiro atoms. The summed E-state index contributed by atoms with van der Waals surface area (Å²) in [6.07, 6.45) is 0.758. The number of hydrogen-bond donors (Lipinski definition) is 1. The van der Waals surface area contributed by atoms with E-state index in [1.165, 1.54) is 6.07 Å². The first-order valence-electron chi connectivity index (χ1n) is 7.44. The molecule has 2 aromatic rings. The molecule has 0 aliphatic heterocycles. The van der Waals surface area contributed by atoms with Crippen molar-refractivity contribution in [3.8, 4) is 5.75 Å². The van der Waals surface area contributed by atoms with Crippen LogP contribution < -0.4 is 10.1 Å². The summed E-state index contributed by atoms with van der Waals surface area (Å²) in [4.78, 5) is 11.9. The van der Waals surface area contributed by atoms with Crippen molar-refractivity contribution in [2.24, 2.45) is 0 Å². The van der Waals surface area contributed by atoms with Crippen LogP contribution in [-0.4, -0.2) is 18.6 Å². The number of benzene rings is 2. The van der Waals surface area contributed by atoms with Crippen molar-refractivity contribution in [3.05, 3.63) is 65.2 Å². The molecule has 2 aromatic carbocycles. The van der Waals surface area contributed by atoms with Crippen LogP contribution in [-0.2, 0) is 6.42 Å². The number of halogens is 2. The lowest BCUT2D eigenvalue weighted by molar-refractivity contribution is 0.0953. The van der Waals surface area contributed by atoms with E-state index in [-0.39, 0.29) is 11.7 Å². The van der Waals surface area contributed by atoms with E-state index in [1.54, 1.807) is 0 Å². The smallest absolute Gasteiger partial charge is 0.251 e. The molecule has 1 N–H and O–H groups in total. The monoisotopic (exact) mass is 319 g/mol. The second kappa shape index (κ2) is 7.72. The largest absolute Gasteiger partial charge is 0.491 e. The highest BCUT2D eigenvalue weighted by Crippen LogP contribution is 2.14. The highest BCUT2D eigenvalue weighted by Gasteiger charge is 2.09. The fraction of sp³-hybridized carbons (Fsp3) is 0.278. The van der Waals surface area contributed by atoms with Crippen LogP contribution in [0.1, 0.15) is 29.8 Å². The summed E-state index contributed by atoms with van der Waals surface area (Å²) in [6, 6.07) is 10.7. The molecular weight excluding hydrogens is 300 g/mol. The second-order valence-corrected chi connectivity index (χ2v) is 5.45. The van der Waals surface area contributed by atoms with Gasteiger partial charge in [0.2, 0.25) is 0 Å². The third-order valence-electron chi connectivity index (χ3n) is 3.18. The van der Waals surface area contributed by atoms with Gasteiger partial charge in [-0.3, -0.25) is 4.79 Å². The van der Waals surface area contributed by atoms with Crippen LogP contribution in [0.25, 0.3) is 0 Å². The highest BCUT2D eigenvalue weighted by molar-refractivity contribution is 5.94. The van der Waals surface area contributed by atoms with Gasteiger partial charge in [0.05, 0.1) is 6.10 Å². The Hall–Kier alpha value is -2.43. The van der Waals surface area contributed by atoms with Crippen molar-refractivity contribution in [2.45, 2.75) is 26.4 Å². The maximum Gasteiger partial charge on any atom is 0.251 e. The fourth-order valence-electron chi connectivity index (χ4n) is 2.07. The van der Waals surface area contributed by atoms with Gasteiger partial charge in [0.25, 0.3) is 5.91 Å². The molecule has 0 aliphatic rings. The predicted molar refractivity (Wildman–Crippen MR) is 84.6 cm³/mol. The summed E-state index contributed by atoms with van der Waals surface area (Å²) < 4.78 is 31.5. The zero-order valence-corrected chi connectivity index (χ0v) is 13.1. The minimum absolute atomic E-state index is 0.101. The number of carbonyl (C=O) groups excluding carboxylic acids is 1. The van der Waals surface area contributed by atoms with Crippen LogP contribution in [0.15, 0.2) is 42.5 Å². The lowest BCUT2D eigenvalue weighted by atomic mass is 10.1. The van der Waals surface area contributed by atoms with Gasteiger partial charge in [-0.15, -0.1) is 0 Å². The number of carbonyl (C=O) groups is 1. The summed E-state index contributed by atoms with van der Waals surface area (Å²) in [5, 5.41) is 2.68. The van der Waals surface area contributed by atoms with E-state index in [0.717, 1.165) is 23.4 Å². The standard InChI is InChI=1S/C18H19F2NO2/c1-12(2)23-15-6-3-13(4-7-15)9-10-21-18(22)14-5-8-16(19)17(20)11-14/h3-8,11-12H,9-10H2,1-2H3,(H,21,22). The number of rotatable bonds is 6. The highest BCUT2D eigenvalue weighted by atomic mass is 19.2. The zero-order valence-electron chi connectivity index (χ0n) is 13.1. The van der Waals surface area contributed by atoms with E-state index in [9.17, 15) is 13.6 Å². The minimum atomic E-state index is -1.03. The molecule has 0 aliphatic carbocycles. The summed E-state index contributed by atoms with van der Waals surface area (Å²) in [5.74, 6) is -1.62. The van der Waals surface area contributed by atoms with Crippen molar-refractivity contribution >= 4 is 5.91 Å². The third kappa shape index (κ3) is 5.06. The summed E-state index contributed by atoms with van der Waals surface area (Å²) >= 11 is 0. The molecule has 0 atom stereocenters. The average molecular weight is 319 g/mol. The molecule has 0 unspecified atom stereocenters. The molecule has 0 saturated heterocycles. The van der Waals surface area contributed by atoms with Crippen molar-refractivity contribution in [3.63, 3.8) is 0 Å². The molecule has 1 amide bonds. The SMILES string of the molecule is CC(C)Oc1ccc(CCNC(=O)c2ccc(F)c(F)c2)cc1. The van der Waals surface area contributed by atoms with Gasteiger partial charge >= 0.3 is 0 Å². The first kappa shape index (κ1) is 16.9. The predicted octanol–water partition coefficient (Wildman–Crippen LogP) is 3.72. The minimum Gasteiger partial charge on any atom is -0.491 e. The summed E-state index contributed by atoms with van der Waals surface area (Å²) in [5.41, 5.74) is 1.15. The topological polar surface area (TPSA) is 38.3 Å². The van der Waals surface area contributed by atoms with Crippen LogP contribution in [0, 0.1) is 11.6 Å². The van der Waals surface area contributed by atoms with Crippen LogP contribution in [0.4, 0.5) is 8.78 Å². The molecule has 0 heterocycles. The van der Waals surface area contributed by atoms with Crippen molar-refractivity contribution in [1.29, 1.82) is 0 Å². The normalized spacial score (nSPS) is 10.7. The van der Waals surface area contributed by atoms with Gasteiger partial charge in [0, 0.05) is 12.1 Å². The lowest BCUT2D eigenvalue weighted by Gasteiger charge is -2.10. The van der Waals surface area contributed by atoms with Gasteiger partial charge in [-0.05, 0) is 56.2 Å². The quantitative estimate of drug-likeness (QED) is 0.881. The number of amides is 1. The van der Waals surface area contributed by atoms with Crippen molar-refractivity contribution in [2.75, 3.05) is 6.54 Å². The molecule has 5 heteroatoms. The molecule has 122 valence electrons. The molecule has 0 saturated carbocycles. The molecule has 0 fully saturated rings. The van der Waals surface area contributed by atoms with Crippen LogP contribution in [0.3, 0.4) is 0 Å². The van der Waals surface area contributed by atoms with E-state index < -0.39 is 17.5 Å². The third-order valence-corrected chi connectivity index (χ3v) is 3.18. The zero-order chi connectivity index (χ0) is 16.8. The van der Waals surface area contributed by atoms with Gasteiger partial charge < -0.3 is 10.1 Å².